The molecule has 0 aliphatic carbocycles. The summed E-state index contributed by atoms with van der Waals surface area (Å²) in [5, 5.41) is 9.53. The van der Waals surface area contributed by atoms with Crippen molar-refractivity contribution in [3.8, 4) is 45.4 Å². The molecule has 142 valence electrons. The summed E-state index contributed by atoms with van der Waals surface area (Å²) < 4.78 is 18.4. The number of aromatic nitrogens is 2. The highest BCUT2D eigenvalue weighted by Gasteiger charge is 2.17. The normalized spacial score (nSPS) is 10.8. The van der Waals surface area contributed by atoms with Gasteiger partial charge in [-0.05, 0) is 35.9 Å². The number of phenols is 1. The maximum atomic E-state index is 9.53. The van der Waals surface area contributed by atoms with Crippen LogP contribution in [0.25, 0.3) is 27.9 Å². The fourth-order valence-electron chi connectivity index (χ4n) is 3.29. The third kappa shape index (κ3) is 2.99. The van der Waals surface area contributed by atoms with Crippen LogP contribution in [-0.4, -0.2) is 35.8 Å². The molecule has 4 rings (SSSR count). The van der Waals surface area contributed by atoms with Crippen LogP contribution in [0.2, 0.25) is 0 Å². The Morgan fingerprint density at radius 2 is 1.50 bits per heavy atom. The second-order valence-corrected chi connectivity index (χ2v) is 6.26. The second kappa shape index (κ2) is 7.15. The monoisotopic (exact) mass is 376 g/mol. The average Bonchev–Trinajstić information content (AvgIpc) is 3.17. The van der Waals surface area contributed by atoms with Crippen molar-refractivity contribution >= 4 is 5.52 Å². The summed E-state index contributed by atoms with van der Waals surface area (Å²) in [5.41, 5.74) is 4.64. The van der Waals surface area contributed by atoms with E-state index in [1.54, 1.807) is 39.7 Å². The van der Waals surface area contributed by atoms with E-state index in [1.807, 2.05) is 41.1 Å². The number of benzene rings is 2. The van der Waals surface area contributed by atoms with Crippen molar-refractivity contribution in [3.05, 3.63) is 61.1 Å². The number of hydrogen-bond donors (Lipinski definition) is 1. The third-order valence-electron chi connectivity index (χ3n) is 4.66. The largest absolute Gasteiger partial charge is 0.508 e. The van der Waals surface area contributed by atoms with Gasteiger partial charge in [-0.1, -0.05) is 12.1 Å². The van der Waals surface area contributed by atoms with Crippen LogP contribution in [0.15, 0.2) is 61.1 Å². The number of hydrogen-bond acceptors (Lipinski definition) is 5. The molecule has 0 radical (unpaired) electrons. The molecular weight excluding hydrogens is 356 g/mol. The Labute approximate surface area is 162 Å². The van der Waals surface area contributed by atoms with Gasteiger partial charge in [-0.2, -0.15) is 0 Å². The highest BCUT2D eigenvalue weighted by Crippen LogP contribution is 2.41. The molecule has 6 heteroatoms. The van der Waals surface area contributed by atoms with E-state index < -0.39 is 0 Å². The van der Waals surface area contributed by atoms with Crippen LogP contribution >= 0.6 is 0 Å². The SMILES string of the molecule is COc1cc(-c2nccn3cc(-c4ccc(O)cc4)cc23)cc(OC)c1OC. The molecule has 1 N–H and O–H groups in total. The lowest BCUT2D eigenvalue weighted by molar-refractivity contribution is 0.324. The van der Waals surface area contributed by atoms with E-state index in [0.29, 0.717) is 17.2 Å². The molecule has 0 atom stereocenters. The smallest absolute Gasteiger partial charge is 0.203 e. The fourth-order valence-corrected chi connectivity index (χ4v) is 3.29. The summed E-state index contributed by atoms with van der Waals surface area (Å²) in [6, 6.07) is 13.0. The molecule has 2 heterocycles. The lowest BCUT2D eigenvalue weighted by Crippen LogP contribution is -1.97. The molecule has 0 spiro atoms. The van der Waals surface area contributed by atoms with Gasteiger partial charge in [0.05, 0.1) is 32.5 Å². The molecule has 0 bridgehead atoms. The Bertz CT molecular complexity index is 1110. The molecule has 0 fully saturated rings. The zero-order valence-corrected chi connectivity index (χ0v) is 15.8. The zero-order valence-electron chi connectivity index (χ0n) is 15.8. The minimum atomic E-state index is 0.243. The van der Waals surface area contributed by atoms with Crippen molar-refractivity contribution in [2.75, 3.05) is 21.3 Å². The topological polar surface area (TPSA) is 65.2 Å². The summed E-state index contributed by atoms with van der Waals surface area (Å²) in [6.45, 7) is 0. The minimum Gasteiger partial charge on any atom is -0.508 e. The number of methoxy groups -OCH3 is 3. The lowest BCUT2D eigenvalue weighted by atomic mass is 10.1. The van der Waals surface area contributed by atoms with Crippen molar-refractivity contribution < 1.29 is 19.3 Å². The zero-order chi connectivity index (χ0) is 19.7. The van der Waals surface area contributed by atoms with Gasteiger partial charge in [-0.3, -0.25) is 4.98 Å². The predicted octanol–water partition coefficient (Wildman–Crippen LogP) is 4.40. The molecule has 0 aliphatic rings. The van der Waals surface area contributed by atoms with E-state index in [9.17, 15) is 5.11 Å². The summed E-state index contributed by atoms with van der Waals surface area (Å²) in [6.07, 6.45) is 5.69. The van der Waals surface area contributed by atoms with E-state index in [1.165, 1.54) is 0 Å². The molecule has 2 aromatic carbocycles. The van der Waals surface area contributed by atoms with Gasteiger partial charge in [0.15, 0.2) is 11.5 Å². The van der Waals surface area contributed by atoms with Crippen LogP contribution in [-0.2, 0) is 0 Å². The van der Waals surface area contributed by atoms with Crippen molar-refractivity contribution in [1.29, 1.82) is 0 Å². The first-order valence-electron chi connectivity index (χ1n) is 8.71. The Morgan fingerprint density at radius 3 is 2.11 bits per heavy atom. The summed E-state index contributed by atoms with van der Waals surface area (Å²) in [4.78, 5) is 4.59. The number of rotatable bonds is 5. The Morgan fingerprint density at radius 1 is 0.821 bits per heavy atom. The molecule has 2 aromatic heterocycles. The molecule has 0 saturated carbocycles. The molecule has 4 aromatic rings. The molecule has 0 saturated heterocycles. The van der Waals surface area contributed by atoms with Crippen LogP contribution < -0.4 is 14.2 Å². The Kier molecular flexibility index (Phi) is 4.53. The standard InChI is InChI=1S/C22H20N2O4/c1-26-19-11-15(12-20(27-2)22(19)28-3)21-18-10-16(13-24(18)9-8-23-21)14-4-6-17(25)7-5-14/h4-13,25H,1-3H3. The minimum absolute atomic E-state index is 0.243. The third-order valence-corrected chi connectivity index (χ3v) is 4.66. The van der Waals surface area contributed by atoms with E-state index >= 15 is 0 Å². The van der Waals surface area contributed by atoms with Crippen molar-refractivity contribution in [3.63, 3.8) is 0 Å². The molecule has 0 amide bonds. The predicted molar refractivity (Wildman–Crippen MR) is 107 cm³/mol. The first-order valence-corrected chi connectivity index (χ1v) is 8.71. The number of aromatic hydroxyl groups is 1. The van der Waals surface area contributed by atoms with Crippen molar-refractivity contribution in [2.24, 2.45) is 0 Å². The van der Waals surface area contributed by atoms with Crippen LogP contribution in [0, 0.1) is 0 Å². The van der Waals surface area contributed by atoms with E-state index in [-0.39, 0.29) is 5.75 Å². The number of phenolic OH excluding ortho intramolecular Hbond substituents is 1. The van der Waals surface area contributed by atoms with Crippen LogP contribution in [0.5, 0.6) is 23.0 Å². The average molecular weight is 376 g/mol. The number of ether oxygens (including phenoxy) is 3. The highest BCUT2D eigenvalue weighted by molar-refractivity contribution is 5.83. The van der Waals surface area contributed by atoms with Gasteiger partial charge in [0.2, 0.25) is 5.75 Å². The second-order valence-electron chi connectivity index (χ2n) is 6.26. The molecule has 6 nitrogen and oxygen atoms in total. The van der Waals surface area contributed by atoms with E-state index in [2.05, 4.69) is 11.1 Å². The van der Waals surface area contributed by atoms with Gasteiger partial charge in [-0.25, -0.2) is 0 Å². The van der Waals surface area contributed by atoms with Crippen molar-refractivity contribution in [1.82, 2.24) is 9.38 Å². The van der Waals surface area contributed by atoms with Gasteiger partial charge in [-0.15, -0.1) is 0 Å². The first kappa shape index (κ1) is 17.7. The summed E-state index contributed by atoms with van der Waals surface area (Å²) in [7, 11) is 4.76. The first-order chi connectivity index (χ1) is 13.6. The molecule has 0 aliphatic heterocycles. The Balaban J connectivity index is 1.89. The van der Waals surface area contributed by atoms with Crippen LogP contribution in [0.3, 0.4) is 0 Å². The molecule has 0 unspecified atom stereocenters. The van der Waals surface area contributed by atoms with Gasteiger partial charge < -0.3 is 23.7 Å². The molecule has 28 heavy (non-hydrogen) atoms. The van der Waals surface area contributed by atoms with E-state index in [0.717, 1.165) is 27.9 Å². The Hall–Kier alpha value is -3.67. The van der Waals surface area contributed by atoms with Gasteiger partial charge in [0.1, 0.15) is 5.75 Å². The van der Waals surface area contributed by atoms with Crippen molar-refractivity contribution in [2.45, 2.75) is 0 Å². The number of nitrogens with zero attached hydrogens (tertiary/aromatic N) is 2. The summed E-state index contributed by atoms with van der Waals surface area (Å²) in [5.74, 6) is 1.94. The fraction of sp³-hybridized carbons (Fsp3) is 0.136. The van der Waals surface area contributed by atoms with Crippen LogP contribution in [0.1, 0.15) is 0 Å². The quantitative estimate of drug-likeness (QED) is 0.559. The van der Waals surface area contributed by atoms with Gasteiger partial charge >= 0.3 is 0 Å². The van der Waals surface area contributed by atoms with E-state index in [4.69, 9.17) is 14.2 Å². The maximum Gasteiger partial charge on any atom is 0.203 e. The van der Waals surface area contributed by atoms with Gasteiger partial charge in [0.25, 0.3) is 0 Å². The van der Waals surface area contributed by atoms with Crippen LogP contribution in [0.4, 0.5) is 0 Å². The maximum absolute atomic E-state index is 9.53. The summed E-state index contributed by atoms with van der Waals surface area (Å²) >= 11 is 0. The number of fused-ring (bicyclic) bond motifs is 1. The molecular formula is C22H20N2O4. The lowest BCUT2D eigenvalue weighted by Gasteiger charge is -2.14. The highest BCUT2D eigenvalue weighted by atomic mass is 16.5. The van der Waals surface area contributed by atoms with Gasteiger partial charge in [0, 0.05) is 29.7 Å².